The number of hydrogen-bond acceptors (Lipinski definition) is 5. The average Bonchev–Trinajstić information content (AvgIpc) is 2.62. The molecule has 2 heterocycles. The predicted octanol–water partition coefficient (Wildman–Crippen LogP) is 2.08. The highest BCUT2D eigenvalue weighted by molar-refractivity contribution is 7.15. The maximum atomic E-state index is 5.53. The molecule has 13 heavy (non-hydrogen) atoms. The lowest BCUT2D eigenvalue weighted by Crippen LogP contribution is -1.82. The summed E-state index contributed by atoms with van der Waals surface area (Å²) >= 11 is 3.21. The normalized spacial score (nSPS) is 10.5. The van der Waals surface area contributed by atoms with Crippen LogP contribution in [0, 0.1) is 6.92 Å². The van der Waals surface area contributed by atoms with Gasteiger partial charge in [0.25, 0.3) is 0 Å². The standard InChI is InChI=1S/C8H9N3S2/c1-5-4-12-7(11-5)2-6-3-10-8(9)13-6/h3-4H,2H2,1H3,(H2,9,10). The fourth-order valence-electron chi connectivity index (χ4n) is 1.04. The van der Waals surface area contributed by atoms with Gasteiger partial charge in [-0.15, -0.1) is 22.7 Å². The Labute approximate surface area is 84.3 Å². The van der Waals surface area contributed by atoms with Crippen LogP contribution in [0.3, 0.4) is 0 Å². The summed E-state index contributed by atoms with van der Waals surface area (Å²) < 4.78 is 0. The van der Waals surface area contributed by atoms with E-state index in [1.807, 2.05) is 13.1 Å². The molecule has 2 rings (SSSR count). The first-order valence-electron chi connectivity index (χ1n) is 3.85. The van der Waals surface area contributed by atoms with E-state index in [1.165, 1.54) is 16.2 Å². The summed E-state index contributed by atoms with van der Waals surface area (Å²) in [4.78, 5) is 9.54. The van der Waals surface area contributed by atoms with Crippen molar-refractivity contribution in [3.05, 3.63) is 27.2 Å². The van der Waals surface area contributed by atoms with E-state index in [9.17, 15) is 0 Å². The minimum atomic E-state index is 0.628. The number of anilines is 1. The predicted molar refractivity (Wildman–Crippen MR) is 56.2 cm³/mol. The third kappa shape index (κ3) is 2.05. The van der Waals surface area contributed by atoms with Crippen LogP contribution in [-0.4, -0.2) is 9.97 Å². The maximum Gasteiger partial charge on any atom is 0.180 e. The molecule has 0 bridgehead atoms. The highest BCUT2D eigenvalue weighted by Crippen LogP contribution is 2.20. The van der Waals surface area contributed by atoms with E-state index >= 15 is 0 Å². The van der Waals surface area contributed by atoms with Crippen LogP contribution in [0.4, 0.5) is 5.13 Å². The van der Waals surface area contributed by atoms with Gasteiger partial charge in [-0.2, -0.15) is 0 Å². The van der Waals surface area contributed by atoms with E-state index in [0.29, 0.717) is 5.13 Å². The van der Waals surface area contributed by atoms with Gasteiger partial charge in [0.05, 0.1) is 5.01 Å². The van der Waals surface area contributed by atoms with Crippen molar-refractivity contribution in [3.63, 3.8) is 0 Å². The molecule has 2 aromatic heterocycles. The van der Waals surface area contributed by atoms with Crippen LogP contribution in [0.2, 0.25) is 0 Å². The quantitative estimate of drug-likeness (QED) is 0.827. The number of nitrogens with zero attached hydrogens (tertiary/aromatic N) is 2. The molecule has 0 radical (unpaired) electrons. The lowest BCUT2D eigenvalue weighted by Gasteiger charge is -1.88. The molecular weight excluding hydrogens is 202 g/mol. The molecular formula is C8H9N3S2. The molecule has 0 atom stereocenters. The summed E-state index contributed by atoms with van der Waals surface area (Å²) in [6.45, 7) is 2.00. The largest absolute Gasteiger partial charge is 0.375 e. The Kier molecular flexibility index (Phi) is 2.28. The van der Waals surface area contributed by atoms with Gasteiger partial charge in [0.15, 0.2) is 5.13 Å². The Hall–Kier alpha value is -0.940. The molecule has 68 valence electrons. The van der Waals surface area contributed by atoms with Crippen LogP contribution in [0.1, 0.15) is 15.6 Å². The van der Waals surface area contributed by atoms with Crippen LogP contribution < -0.4 is 5.73 Å². The van der Waals surface area contributed by atoms with Gasteiger partial charge in [-0.25, -0.2) is 9.97 Å². The summed E-state index contributed by atoms with van der Waals surface area (Å²) in [5, 5.41) is 3.81. The van der Waals surface area contributed by atoms with Crippen molar-refractivity contribution >= 4 is 27.8 Å². The van der Waals surface area contributed by atoms with Crippen LogP contribution >= 0.6 is 22.7 Å². The van der Waals surface area contributed by atoms with E-state index in [4.69, 9.17) is 5.73 Å². The van der Waals surface area contributed by atoms with E-state index in [0.717, 1.165) is 17.1 Å². The molecule has 0 fully saturated rings. The van der Waals surface area contributed by atoms with Crippen LogP contribution in [-0.2, 0) is 6.42 Å². The lowest BCUT2D eigenvalue weighted by atomic mass is 10.4. The summed E-state index contributed by atoms with van der Waals surface area (Å²) in [6.07, 6.45) is 2.67. The molecule has 3 nitrogen and oxygen atoms in total. The molecule has 0 unspecified atom stereocenters. The van der Waals surface area contributed by atoms with Crippen molar-refractivity contribution in [2.45, 2.75) is 13.3 Å². The number of nitrogen functional groups attached to an aromatic ring is 1. The highest BCUT2D eigenvalue weighted by atomic mass is 32.1. The van der Waals surface area contributed by atoms with Crippen molar-refractivity contribution in [3.8, 4) is 0 Å². The third-order valence-corrected chi connectivity index (χ3v) is 3.36. The zero-order chi connectivity index (χ0) is 9.26. The highest BCUT2D eigenvalue weighted by Gasteiger charge is 2.03. The summed E-state index contributed by atoms with van der Waals surface area (Å²) in [5.74, 6) is 0. The minimum Gasteiger partial charge on any atom is -0.375 e. The van der Waals surface area contributed by atoms with Gasteiger partial charge in [0, 0.05) is 28.6 Å². The third-order valence-electron chi connectivity index (χ3n) is 1.56. The number of rotatable bonds is 2. The van der Waals surface area contributed by atoms with E-state index < -0.39 is 0 Å². The Morgan fingerprint density at radius 3 is 2.92 bits per heavy atom. The second kappa shape index (κ2) is 3.43. The molecule has 0 aliphatic carbocycles. The maximum absolute atomic E-state index is 5.53. The first kappa shape index (κ1) is 8.65. The molecule has 0 spiro atoms. The second-order valence-corrected chi connectivity index (χ2v) is 4.81. The Morgan fingerprint density at radius 1 is 1.54 bits per heavy atom. The lowest BCUT2D eigenvalue weighted by molar-refractivity contribution is 1.12. The molecule has 0 saturated carbocycles. The number of hydrogen-bond donors (Lipinski definition) is 1. The topological polar surface area (TPSA) is 51.8 Å². The molecule has 0 saturated heterocycles. The fraction of sp³-hybridized carbons (Fsp3) is 0.250. The fourth-order valence-corrected chi connectivity index (χ4v) is 2.61. The van der Waals surface area contributed by atoms with Crippen molar-refractivity contribution in [2.75, 3.05) is 5.73 Å². The zero-order valence-electron chi connectivity index (χ0n) is 7.15. The summed E-state index contributed by atoms with van der Waals surface area (Å²) in [6, 6.07) is 0. The molecule has 0 aliphatic rings. The van der Waals surface area contributed by atoms with Crippen molar-refractivity contribution in [1.82, 2.24) is 9.97 Å². The molecule has 0 aromatic carbocycles. The van der Waals surface area contributed by atoms with Gasteiger partial charge in [-0.3, -0.25) is 0 Å². The first-order chi connectivity index (χ1) is 6.24. The van der Waals surface area contributed by atoms with Crippen LogP contribution in [0.15, 0.2) is 11.6 Å². The van der Waals surface area contributed by atoms with Gasteiger partial charge < -0.3 is 5.73 Å². The Balaban J connectivity index is 2.14. The van der Waals surface area contributed by atoms with Gasteiger partial charge in [-0.05, 0) is 6.92 Å². The molecule has 0 amide bonds. The van der Waals surface area contributed by atoms with Gasteiger partial charge in [-0.1, -0.05) is 0 Å². The van der Waals surface area contributed by atoms with Crippen LogP contribution in [0.5, 0.6) is 0 Å². The number of thiazole rings is 2. The van der Waals surface area contributed by atoms with E-state index in [2.05, 4.69) is 15.3 Å². The Morgan fingerprint density at radius 2 is 2.38 bits per heavy atom. The van der Waals surface area contributed by atoms with E-state index in [-0.39, 0.29) is 0 Å². The van der Waals surface area contributed by atoms with Crippen molar-refractivity contribution in [2.24, 2.45) is 0 Å². The number of nitrogens with two attached hydrogens (primary N) is 1. The number of aromatic nitrogens is 2. The summed E-state index contributed by atoms with van der Waals surface area (Å²) in [7, 11) is 0. The number of aryl methyl sites for hydroxylation is 1. The van der Waals surface area contributed by atoms with Gasteiger partial charge in [0.2, 0.25) is 0 Å². The zero-order valence-corrected chi connectivity index (χ0v) is 8.78. The minimum absolute atomic E-state index is 0.628. The second-order valence-electron chi connectivity index (χ2n) is 2.72. The van der Waals surface area contributed by atoms with Crippen molar-refractivity contribution in [1.29, 1.82) is 0 Å². The monoisotopic (exact) mass is 211 g/mol. The molecule has 2 aromatic rings. The first-order valence-corrected chi connectivity index (χ1v) is 5.55. The molecule has 2 N–H and O–H groups in total. The van der Waals surface area contributed by atoms with E-state index in [1.54, 1.807) is 11.3 Å². The van der Waals surface area contributed by atoms with Crippen molar-refractivity contribution < 1.29 is 0 Å². The van der Waals surface area contributed by atoms with Crippen LogP contribution in [0.25, 0.3) is 0 Å². The molecule has 5 heteroatoms. The van der Waals surface area contributed by atoms with Gasteiger partial charge in [0.1, 0.15) is 0 Å². The molecule has 0 aliphatic heterocycles. The smallest absolute Gasteiger partial charge is 0.180 e. The average molecular weight is 211 g/mol. The SMILES string of the molecule is Cc1csc(Cc2cnc(N)s2)n1. The Bertz CT molecular complexity index is 367. The van der Waals surface area contributed by atoms with Gasteiger partial charge >= 0.3 is 0 Å². The summed E-state index contributed by atoms with van der Waals surface area (Å²) in [5.41, 5.74) is 6.61.